The highest BCUT2D eigenvalue weighted by Gasteiger charge is 2.27. The molecule has 5 rings (SSSR count). The van der Waals surface area contributed by atoms with Gasteiger partial charge in [-0.2, -0.15) is 5.10 Å². The van der Waals surface area contributed by atoms with E-state index < -0.39 is 0 Å². The monoisotopic (exact) mass is 410 g/mol. The van der Waals surface area contributed by atoms with Crippen molar-refractivity contribution in [3.05, 3.63) is 57.7 Å². The Morgan fingerprint density at radius 2 is 2.00 bits per heavy atom. The van der Waals surface area contributed by atoms with Gasteiger partial charge in [-0.15, -0.1) is 0 Å². The van der Waals surface area contributed by atoms with Crippen LogP contribution in [-0.4, -0.2) is 34.2 Å². The lowest BCUT2D eigenvalue weighted by molar-refractivity contribution is 0.0663. The number of nitrogen functional groups attached to an aromatic ring is 1. The predicted octanol–water partition coefficient (Wildman–Crippen LogP) is 3.92. The number of aromatic nitrogens is 2. The van der Waals surface area contributed by atoms with E-state index in [1.165, 1.54) is 0 Å². The SMILES string of the molecule is Nc1cc2n[nH]c(CC3CCOCC3)c2cc1C(=O)N1Cc2ccc(Cl)cc2C1. The second-order valence-corrected chi connectivity index (χ2v) is 8.43. The van der Waals surface area contributed by atoms with Crippen LogP contribution in [0.15, 0.2) is 30.3 Å². The van der Waals surface area contributed by atoms with Crippen LogP contribution in [0.2, 0.25) is 5.02 Å². The first kappa shape index (κ1) is 18.5. The minimum atomic E-state index is -0.0602. The van der Waals surface area contributed by atoms with Crippen molar-refractivity contribution in [1.82, 2.24) is 15.1 Å². The van der Waals surface area contributed by atoms with Crippen molar-refractivity contribution in [2.45, 2.75) is 32.4 Å². The van der Waals surface area contributed by atoms with E-state index in [-0.39, 0.29) is 5.91 Å². The number of nitrogens with one attached hydrogen (secondary N) is 1. The normalized spacial score (nSPS) is 17.1. The third-order valence-corrected chi connectivity index (χ3v) is 6.28. The molecule has 0 bridgehead atoms. The predicted molar refractivity (Wildman–Crippen MR) is 113 cm³/mol. The van der Waals surface area contributed by atoms with Gasteiger partial charge in [-0.05, 0) is 60.6 Å². The van der Waals surface area contributed by atoms with Crippen molar-refractivity contribution < 1.29 is 9.53 Å². The van der Waals surface area contributed by atoms with Gasteiger partial charge in [0.05, 0.1) is 11.1 Å². The van der Waals surface area contributed by atoms with Gasteiger partial charge in [-0.3, -0.25) is 9.89 Å². The van der Waals surface area contributed by atoms with E-state index in [2.05, 4.69) is 10.2 Å². The summed E-state index contributed by atoms with van der Waals surface area (Å²) in [7, 11) is 0. The van der Waals surface area contributed by atoms with E-state index in [0.717, 1.165) is 60.2 Å². The van der Waals surface area contributed by atoms with Gasteiger partial charge in [-0.25, -0.2) is 0 Å². The van der Waals surface area contributed by atoms with Crippen LogP contribution >= 0.6 is 11.6 Å². The van der Waals surface area contributed by atoms with Crippen LogP contribution in [0.5, 0.6) is 0 Å². The number of carbonyl (C=O) groups excluding carboxylic acids is 1. The summed E-state index contributed by atoms with van der Waals surface area (Å²) in [6, 6.07) is 9.48. The van der Waals surface area contributed by atoms with Gasteiger partial charge in [0.1, 0.15) is 0 Å². The summed E-state index contributed by atoms with van der Waals surface area (Å²) < 4.78 is 5.46. The maximum absolute atomic E-state index is 13.3. The summed E-state index contributed by atoms with van der Waals surface area (Å²) in [5.74, 6) is 0.511. The van der Waals surface area contributed by atoms with E-state index in [1.807, 2.05) is 29.2 Å². The largest absolute Gasteiger partial charge is 0.398 e. The number of halogens is 1. The molecule has 1 saturated heterocycles. The number of nitrogens with two attached hydrogens (primary N) is 1. The van der Waals surface area contributed by atoms with Crippen molar-refractivity contribution in [3.63, 3.8) is 0 Å². The summed E-state index contributed by atoms with van der Waals surface area (Å²) in [5.41, 5.74) is 11.3. The molecule has 0 unspecified atom stereocenters. The highest BCUT2D eigenvalue weighted by Crippen LogP contribution is 2.31. The van der Waals surface area contributed by atoms with Gasteiger partial charge in [-0.1, -0.05) is 17.7 Å². The van der Waals surface area contributed by atoms with E-state index in [0.29, 0.717) is 35.3 Å². The third-order valence-electron chi connectivity index (χ3n) is 6.05. The fourth-order valence-corrected chi connectivity index (χ4v) is 4.58. The summed E-state index contributed by atoms with van der Waals surface area (Å²) in [6.45, 7) is 2.75. The number of nitrogens with zero attached hydrogens (tertiary/aromatic N) is 2. The maximum atomic E-state index is 13.3. The van der Waals surface area contributed by atoms with Crippen LogP contribution in [0.4, 0.5) is 5.69 Å². The molecule has 29 heavy (non-hydrogen) atoms. The molecular formula is C22H23ClN4O2. The van der Waals surface area contributed by atoms with Crippen molar-refractivity contribution in [3.8, 4) is 0 Å². The number of hydrogen-bond acceptors (Lipinski definition) is 4. The Morgan fingerprint density at radius 1 is 1.21 bits per heavy atom. The molecule has 0 atom stereocenters. The van der Waals surface area contributed by atoms with E-state index in [1.54, 1.807) is 6.07 Å². The molecule has 7 heteroatoms. The number of hydrogen-bond donors (Lipinski definition) is 2. The Hall–Kier alpha value is -2.57. The van der Waals surface area contributed by atoms with Gasteiger partial charge in [0.15, 0.2) is 0 Å². The van der Waals surface area contributed by atoms with Gasteiger partial charge in [0.25, 0.3) is 5.91 Å². The molecule has 0 aliphatic carbocycles. The number of aromatic amines is 1. The molecule has 150 valence electrons. The fourth-order valence-electron chi connectivity index (χ4n) is 4.38. The van der Waals surface area contributed by atoms with Crippen molar-refractivity contribution in [1.29, 1.82) is 0 Å². The summed E-state index contributed by atoms with van der Waals surface area (Å²) in [5, 5.41) is 9.24. The third kappa shape index (κ3) is 3.47. The molecule has 0 saturated carbocycles. The number of H-pyrrole nitrogens is 1. The van der Waals surface area contributed by atoms with Crippen LogP contribution in [0.3, 0.4) is 0 Å². The van der Waals surface area contributed by atoms with E-state index >= 15 is 0 Å². The van der Waals surface area contributed by atoms with Crippen molar-refractivity contribution in [2.24, 2.45) is 5.92 Å². The van der Waals surface area contributed by atoms with E-state index in [9.17, 15) is 4.79 Å². The molecule has 3 aromatic rings. The highest BCUT2D eigenvalue weighted by atomic mass is 35.5. The van der Waals surface area contributed by atoms with Crippen LogP contribution < -0.4 is 5.73 Å². The van der Waals surface area contributed by atoms with Crippen LogP contribution in [-0.2, 0) is 24.2 Å². The molecule has 2 aliphatic rings. The van der Waals surface area contributed by atoms with Gasteiger partial charge in [0.2, 0.25) is 0 Å². The van der Waals surface area contributed by atoms with E-state index in [4.69, 9.17) is 22.1 Å². The molecule has 1 fully saturated rings. The minimum Gasteiger partial charge on any atom is -0.398 e. The highest BCUT2D eigenvalue weighted by molar-refractivity contribution is 6.30. The number of ether oxygens (including phenoxy) is 1. The number of anilines is 1. The number of benzene rings is 2. The molecule has 0 spiro atoms. The second kappa shape index (κ2) is 7.35. The first-order valence-electron chi connectivity index (χ1n) is 9.99. The zero-order chi connectivity index (χ0) is 20.0. The lowest BCUT2D eigenvalue weighted by Gasteiger charge is -2.21. The van der Waals surface area contributed by atoms with Crippen LogP contribution in [0, 0.1) is 5.92 Å². The Labute approximate surface area is 174 Å². The smallest absolute Gasteiger partial charge is 0.256 e. The molecule has 1 aromatic heterocycles. The topological polar surface area (TPSA) is 84.2 Å². The zero-order valence-corrected chi connectivity index (χ0v) is 16.8. The average molecular weight is 411 g/mol. The van der Waals surface area contributed by atoms with Crippen LogP contribution in [0.1, 0.15) is 40.0 Å². The Morgan fingerprint density at radius 3 is 2.83 bits per heavy atom. The zero-order valence-electron chi connectivity index (χ0n) is 16.1. The van der Waals surface area contributed by atoms with Gasteiger partial charge >= 0.3 is 0 Å². The van der Waals surface area contributed by atoms with Gasteiger partial charge < -0.3 is 15.4 Å². The van der Waals surface area contributed by atoms with Crippen molar-refractivity contribution in [2.75, 3.05) is 18.9 Å². The molecule has 1 amide bonds. The first-order chi connectivity index (χ1) is 14.1. The first-order valence-corrected chi connectivity index (χ1v) is 10.4. The molecule has 0 radical (unpaired) electrons. The number of rotatable bonds is 3. The fraction of sp³-hybridized carbons (Fsp3) is 0.364. The second-order valence-electron chi connectivity index (χ2n) is 7.99. The number of amides is 1. The standard InChI is InChI=1S/C22H23ClN4O2/c23-16-2-1-14-11-27(12-15(14)8-16)22(28)17-9-18-20(7-13-3-5-29-6-4-13)25-26-21(18)10-19(17)24/h1-2,8-10,13H,3-7,11-12,24H2,(H,25,26). The summed E-state index contributed by atoms with van der Waals surface area (Å²) in [4.78, 5) is 15.1. The molecule has 2 aliphatic heterocycles. The summed E-state index contributed by atoms with van der Waals surface area (Å²) in [6.07, 6.45) is 3.01. The number of fused-ring (bicyclic) bond motifs is 2. The molecule has 6 nitrogen and oxygen atoms in total. The quantitative estimate of drug-likeness (QED) is 0.641. The Bertz CT molecular complexity index is 1090. The number of carbonyl (C=O) groups is 1. The van der Waals surface area contributed by atoms with Crippen molar-refractivity contribution >= 4 is 34.1 Å². The molecule has 3 N–H and O–H groups in total. The molecular weight excluding hydrogens is 388 g/mol. The Kier molecular flexibility index (Phi) is 4.68. The molecule has 3 heterocycles. The Balaban J connectivity index is 1.43. The lowest BCUT2D eigenvalue weighted by Crippen LogP contribution is -2.26. The van der Waals surface area contributed by atoms with Gasteiger partial charge in [0, 0.05) is 48.1 Å². The maximum Gasteiger partial charge on any atom is 0.256 e. The summed E-state index contributed by atoms with van der Waals surface area (Å²) >= 11 is 6.10. The average Bonchev–Trinajstić information content (AvgIpc) is 3.31. The van der Waals surface area contributed by atoms with Crippen LogP contribution in [0.25, 0.3) is 10.9 Å². The minimum absolute atomic E-state index is 0.0602. The lowest BCUT2D eigenvalue weighted by atomic mass is 9.93. The molecule has 2 aromatic carbocycles.